The maximum Gasteiger partial charge on any atom is 0.142 e. The molecule has 0 heterocycles. The number of nitrogens with one attached hydrogen (secondary N) is 1. The van der Waals surface area contributed by atoms with E-state index in [1.807, 2.05) is 19.0 Å². The summed E-state index contributed by atoms with van der Waals surface area (Å²) in [5.74, 6) is 0.427. The topological polar surface area (TPSA) is 24.5 Å². The Morgan fingerprint density at radius 2 is 2.06 bits per heavy atom. The van der Waals surface area contributed by atoms with Crippen molar-refractivity contribution in [2.24, 2.45) is 0 Å². The van der Waals surface area contributed by atoms with E-state index in [0.29, 0.717) is 5.75 Å². The fourth-order valence-electron chi connectivity index (χ4n) is 1.72. The van der Waals surface area contributed by atoms with Gasteiger partial charge in [-0.05, 0) is 33.0 Å². The van der Waals surface area contributed by atoms with Crippen LogP contribution in [-0.4, -0.2) is 33.3 Å². The van der Waals surface area contributed by atoms with Gasteiger partial charge >= 0.3 is 0 Å². The molecule has 96 valence electrons. The first-order chi connectivity index (χ1) is 7.89. The number of benzene rings is 1. The monoisotopic (exact) mass is 240 g/mol. The van der Waals surface area contributed by atoms with E-state index in [9.17, 15) is 4.39 Å². The van der Waals surface area contributed by atoms with Crippen LogP contribution in [-0.2, 0) is 0 Å². The van der Waals surface area contributed by atoms with Crippen molar-refractivity contribution in [3.05, 3.63) is 24.0 Å². The predicted molar refractivity (Wildman–Crippen MR) is 69.4 cm³/mol. The number of nitrogens with zero attached hydrogens (tertiary/aromatic N) is 1. The number of methoxy groups -OCH3 is 1. The molecule has 1 rings (SSSR count). The van der Waals surface area contributed by atoms with Gasteiger partial charge in [-0.15, -0.1) is 0 Å². The Labute approximate surface area is 103 Å². The van der Waals surface area contributed by atoms with Crippen LogP contribution >= 0.6 is 0 Å². The molecule has 0 bridgehead atoms. The van der Waals surface area contributed by atoms with E-state index in [1.165, 1.54) is 12.1 Å². The van der Waals surface area contributed by atoms with Crippen LogP contribution in [0.25, 0.3) is 0 Å². The Morgan fingerprint density at radius 3 is 2.59 bits per heavy atom. The van der Waals surface area contributed by atoms with Crippen LogP contribution in [0.4, 0.5) is 10.1 Å². The van der Waals surface area contributed by atoms with E-state index in [2.05, 4.69) is 19.2 Å². The number of likely N-dealkylation sites (N-methyl/N-ethyl adjacent to an activating group) is 2. The second-order valence-corrected chi connectivity index (χ2v) is 4.81. The third-order valence-electron chi connectivity index (χ3n) is 2.86. The predicted octanol–water partition coefficient (Wildman–Crippen LogP) is 2.27. The number of anilines is 1. The van der Waals surface area contributed by atoms with Crippen LogP contribution in [0, 0.1) is 5.82 Å². The maximum absolute atomic E-state index is 13.3. The van der Waals surface area contributed by atoms with Gasteiger partial charge in [0.2, 0.25) is 0 Å². The zero-order valence-corrected chi connectivity index (χ0v) is 11.2. The van der Waals surface area contributed by atoms with Gasteiger partial charge in [-0.2, -0.15) is 0 Å². The highest BCUT2D eigenvalue weighted by Gasteiger charge is 2.19. The molecule has 0 unspecified atom stereocenters. The Hall–Kier alpha value is -1.29. The number of hydrogen-bond acceptors (Lipinski definition) is 3. The molecule has 1 aromatic carbocycles. The molecule has 0 radical (unpaired) electrons. The maximum atomic E-state index is 13.3. The van der Waals surface area contributed by atoms with Crippen LogP contribution in [0.3, 0.4) is 0 Å². The lowest BCUT2D eigenvalue weighted by Gasteiger charge is -2.32. The summed E-state index contributed by atoms with van der Waals surface area (Å²) in [6.07, 6.45) is 0. The fourth-order valence-corrected chi connectivity index (χ4v) is 1.72. The Balaban J connectivity index is 2.95. The fraction of sp³-hybridized carbons (Fsp3) is 0.538. The molecule has 0 aromatic heterocycles. The van der Waals surface area contributed by atoms with Crippen molar-refractivity contribution in [1.29, 1.82) is 0 Å². The van der Waals surface area contributed by atoms with Gasteiger partial charge in [-0.25, -0.2) is 4.39 Å². The summed E-state index contributed by atoms with van der Waals surface area (Å²) in [6.45, 7) is 4.94. The number of ether oxygens (including phenoxy) is 1. The number of rotatable bonds is 5. The van der Waals surface area contributed by atoms with Gasteiger partial charge in [0.05, 0.1) is 12.8 Å². The smallest absolute Gasteiger partial charge is 0.142 e. The van der Waals surface area contributed by atoms with E-state index >= 15 is 0 Å². The van der Waals surface area contributed by atoms with Crippen molar-refractivity contribution >= 4 is 5.69 Å². The van der Waals surface area contributed by atoms with E-state index in [4.69, 9.17) is 4.74 Å². The van der Waals surface area contributed by atoms with E-state index < -0.39 is 0 Å². The summed E-state index contributed by atoms with van der Waals surface area (Å²) in [5.41, 5.74) is 0.710. The molecule has 0 aliphatic heterocycles. The normalized spacial score (nSPS) is 11.4. The molecule has 0 atom stereocenters. The molecule has 0 aliphatic rings. The lowest BCUT2D eigenvalue weighted by molar-refractivity contribution is 0.405. The molecule has 4 heteroatoms. The van der Waals surface area contributed by atoms with Crippen molar-refractivity contribution in [2.75, 3.05) is 32.6 Å². The van der Waals surface area contributed by atoms with Gasteiger partial charge in [0.25, 0.3) is 0 Å². The Bertz CT molecular complexity index is 380. The van der Waals surface area contributed by atoms with Crippen molar-refractivity contribution in [3.8, 4) is 5.75 Å². The van der Waals surface area contributed by atoms with Crippen molar-refractivity contribution in [3.63, 3.8) is 0 Å². The lowest BCUT2D eigenvalue weighted by Crippen LogP contribution is -2.46. The summed E-state index contributed by atoms with van der Waals surface area (Å²) >= 11 is 0. The molecule has 17 heavy (non-hydrogen) atoms. The van der Waals surface area contributed by atoms with Gasteiger partial charge in [-0.3, -0.25) is 0 Å². The summed E-state index contributed by atoms with van der Waals surface area (Å²) in [5, 5.41) is 3.22. The highest BCUT2D eigenvalue weighted by Crippen LogP contribution is 2.28. The quantitative estimate of drug-likeness (QED) is 0.854. The third kappa shape index (κ3) is 3.60. The van der Waals surface area contributed by atoms with Crippen LogP contribution in [0.5, 0.6) is 5.75 Å². The second kappa shape index (κ2) is 5.36. The van der Waals surface area contributed by atoms with Gasteiger partial charge in [-0.1, -0.05) is 0 Å². The standard InChI is InChI=1S/C13H21FN2O/c1-13(2,15-3)9-16(4)11-8-10(14)6-7-12(11)17-5/h6-8,15H,9H2,1-5H3. The molecule has 0 spiro atoms. The number of hydrogen-bond donors (Lipinski definition) is 1. The van der Waals surface area contributed by atoms with E-state index in [1.54, 1.807) is 13.2 Å². The second-order valence-electron chi connectivity index (χ2n) is 4.81. The first-order valence-corrected chi connectivity index (χ1v) is 5.63. The van der Waals surface area contributed by atoms with E-state index in [-0.39, 0.29) is 11.4 Å². The first kappa shape index (κ1) is 13.8. The molecule has 3 nitrogen and oxygen atoms in total. The third-order valence-corrected chi connectivity index (χ3v) is 2.86. The average molecular weight is 240 g/mol. The van der Waals surface area contributed by atoms with Crippen molar-refractivity contribution < 1.29 is 9.13 Å². The minimum Gasteiger partial charge on any atom is -0.495 e. The minimum atomic E-state index is -0.255. The molecule has 0 fully saturated rings. The highest BCUT2D eigenvalue weighted by atomic mass is 19.1. The summed E-state index contributed by atoms with van der Waals surface area (Å²) < 4.78 is 18.5. The van der Waals surface area contributed by atoms with Gasteiger partial charge in [0.1, 0.15) is 11.6 Å². The summed E-state index contributed by atoms with van der Waals surface area (Å²) in [7, 11) is 5.43. The van der Waals surface area contributed by atoms with Gasteiger partial charge in [0, 0.05) is 25.2 Å². The van der Waals surface area contributed by atoms with Crippen LogP contribution < -0.4 is 15.0 Å². The zero-order valence-electron chi connectivity index (χ0n) is 11.2. The SMILES string of the molecule is CNC(C)(C)CN(C)c1cc(F)ccc1OC. The van der Waals surface area contributed by atoms with Crippen molar-refractivity contribution in [2.45, 2.75) is 19.4 Å². The molecule has 0 aliphatic carbocycles. The molecule has 0 saturated heterocycles. The molecule has 1 N–H and O–H groups in total. The van der Waals surface area contributed by atoms with E-state index in [0.717, 1.165) is 12.2 Å². The van der Waals surface area contributed by atoms with Crippen molar-refractivity contribution in [1.82, 2.24) is 5.32 Å². The van der Waals surface area contributed by atoms with Gasteiger partial charge in [0.15, 0.2) is 0 Å². The largest absolute Gasteiger partial charge is 0.495 e. The molecule has 0 saturated carbocycles. The average Bonchev–Trinajstić information content (AvgIpc) is 2.28. The van der Waals surface area contributed by atoms with Crippen LogP contribution in [0.15, 0.2) is 18.2 Å². The Kier molecular flexibility index (Phi) is 4.34. The molecular weight excluding hydrogens is 219 g/mol. The summed E-state index contributed by atoms with van der Waals surface area (Å²) in [6, 6.07) is 4.54. The Morgan fingerprint density at radius 1 is 1.41 bits per heavy atom. The minimum absolute atomic E-state index is 0.0495. The molecule has 0 amide bonds. The molecule has 1 aromatic rings. The zero-order chi connectivity index (χ0) is 13.1. The molecular formula is C13H21FN2O. The van der Waals surface area contributed by atoms with Crippen LogP contribution in [0.1, 0.15) is 13.8 Å². The van der Waals surface area contributed by atoms with Crippen LogP contribution in [0.2, 0.25) is 0 Å². The number of halogens is 1. The summed E-state index contributed by atoms with van der Waals surface area (Å²) in [4.78, 5) is 1.98. The lowest BCUT2D eigenvalue weighted by atomic mass is 10.1. The van der Waals surface area contributed by atoms with Gasteiger partial charge < -0.3 is 15.0 Å². The highest BCUT2D eigenvalue weighted by molar-refractivity contribution is 5.58. The first-order valence-electron chi connectivity index (χ1n) is 5.63.